The average Bonchev–Trinajstić information content (AvgIpc) is 2.98. The van der Waals surface area contributed by atoms with E-state index in [9.17, 15) is 9.59 Å². The molecule has 1 aliphatic rings. The molecule has 1 aliphatic heterocycles. The fourth-order valence-electron chi connectivity index (χ4n) is 3.57. The second kappa shape index (κ2) is 7.40. The topological polar surface area (TPSA) is 73.5 Å². The summed E-state index contributed by atoms with van der Waals surface area (Å²) in [6, 6.07) is 15.1. The molecule has 27 heavy (non-hydrogen) atoms. The van der Waals surface area contributed by atoms with Gasteiger partial charge in [0.25, 0.3) is 0 Å². The second-order valence-electron chi connectivity index (χ2n) is 6.94. The number of nitrogens with zero attached hydrogens (tertiary/aromatic N) is 1. The quantitative estimate of drug-likeness (QED) is 0.770. The van der Waals surface area contributed by atoms with Gasteiger partial charge >= 0.3 is 5.76 Å². The highest BCUT2D eigenvalue weighted by atomic mass is 16.5. The van der Waals surface area contributed by atoms with Crippen LogP contribution in [0.1, 0.15) is 30.1 Å². The molecular weight excluding hydrogens is 344 g/mol. The summed E-state index contributed by atoms with van der Waals surface area (Å²) in [7, 11) is 0. The Labute approximate surface area is 156 Å². The van der Waals surface area contributed by atoms with Gasteiger partial charge in [0.15, 0.2) is 5.58 Å². The molecule has 1 amide bonds. The first kappa shape index (κ1) is 17.5. The summed E-state index contributed by atoms with van der Waals surface area (Å²) < 4.78 is 12.5. The maximum atomic E-state index is 12.6. The average molecular weight is 366 g/mol. The van der Waals surface area contributed by atoms with E-state index in [0.29, 0.717) is 17.7 Å². The van der Waals surface area contributed by atoms with E-state index in [1.54, 1.807) is 18.2 Å². The van der Waals surface area contributed by atoms with Crippen LogP contribution in [0.5, 0.6) is 0 Å². The maximum absolute atomic E-state index is 12.6. The van der Waals surface area contributed by atoms with E-state index in [0.717, 1.165) is 18.4 Å². The minimum atomic E-state index is -0.527. The van der Waals surface area contributed by atoms with Crippen molar-refractivity contribution >= 4 is 17.0 Å². The van der Waals surface area contributed by atoms with Gasteiger partial charge in [-0.1, -0.05) is 42.0 Å². The molecule has 0 radical (unpaired) electrons. The predicted molar refractivity (Wildman–Crippen MR) is 102 cm³/mol. The number of nitrogens with one attached hydrogen (secondary N) is 1. The lowest BCUT2D eigenvalue weighted by Gasteiger charge is -2.32. The zero-order valence-corrected chi connectivity index (χ0v) is 15.2. The Kier molecular flexibility index (Phi) is 4.81. The third kappa shape index (κ3) is 3.66. The van der Waals surface area contributed by atoms with Crippen molar-refractivity contribution in [2.75, 3.05) is 6.61 Å². The van der Waals surface area contributed by atoms with E-state index < -0.39 is 5.76 Å². The summed E-state index contributed by atoms with van der Waals surface area (Å²) in [5.41, 5.74) is 3.33. The molecular formula is C21H22N2O4. The van der Waals surface area contributed by atoms with Gasteiger partial charge in [0.1, 0.15) is 12.6 Å². The van der Waals surface area contributed by atoms with E-state index >= 15 is 0 Å². The number of aryl methyl sites for hydroxylation is 1. The van der Waals surface area contributed by atoms with Crippen molar-refractivity contribution in [1.82, 2.24) is 9.88 Å². The molecule has 2 heterocycles. The van der Waals surface area contributed by atoms with E-state index in [1.165, 1.54) is 10.1 Å². The first-order valence-electron chi connectivity index (χ1n) is 9.18. The number of ether oxygens (including phenoxy) is 1. The number of oxazole rings is 1. The number of fused-ring (bicyclic) bond motifs is 1. The molecule has 0 spiro atoms. The smallest absolute Gasteiger partial charge is 0.408 e. The van der Waals surface area contributed by atoms with Gasteiger partial charge in [-0.25, -0.2) is 4.79 Å². The number of hydrogen-bond acceptors (Lipinski definition) is 4. The molecule has 1 fully saturated rings. The van der Waals surface area contributed by atoms with Crippen molar-refractivity contribution in [3.05, 3.63) is 70.2 Å². The lowest BCUT2D eigenvalue weighted by atomic mass is 9.95. The van der Waals surface area contributed by atoms with Crippen molar-refractivity contribution in [3.8, 4) is 0 Å². The zero-order valence-electron chi connectivity index (χ0n) is 15.2. The molecule has 0 saturated carbocycles. The molecule has 4 rings (SSSR count). The van der Waals surface area contributed by atoms with E-state index in [2.05, 4.69) is 5.32 Å². The molecule has 6 nitrogen and oxygen atoms in total. The highest BCUT2D eigenvalue weighted by molar-refractivity contribution is 5.79. The first-order chi connectivity index (χ1) is 13.1. The van der Waals surface area contributed by atoms with Crippen LogP contribution in [-0.2, 0) is 16.1 Å². The molecule has 6 heteroatoms. The van der Waals surface area contributed by atoms with Gasteiger partial charge in [-0.2, -0.15) is 0 Å². The van der Waals surface area contributed by atoms with Gasteiger partial charge in [0, 0.05) is 6.61 Å². The Balaban J connectivity index is 1.51. The Bertz CT molecular complexity index is 1000. The second-order valence-corrected chi connectivity index (χ2v) is 6.94. The van der Waals surface area contributed by atoms with E-state index in [4.69, 9.17) is 9.15 Å². The Morgan fingerprint density at radius 1 is 1.19 bits per heavy atom. The zero-order chi connectivity index (χ0) is 18.8. The lowest BCUT2D eigenvalue weighted by molar-refractivity contribution is -0.124. The number of carbonyl (C=O) groups is 1. The summed E-state index contributed by atoms with van der Waals surface area (Å²) in [6.45, 7) is 2.64. The fourth-order valence-corrected chi connectivity index (χ4v) is 3.57. The number of hydrogen-bond donors (Lipinski definition) is 1. The summed E-state index contributed by atoms with van der Waals surface area (Å²) in [5, 5.41) is 3.05. The van der Waals surface area contributed by atoms with Crippen LogP contribution in [0.3, 0.4) is 0 Å². The monoisotopic (exact) mass is 366 g/mol. The van der Waals surface area contributed by atoms with Crippen molar-refractivity contribution in [1.29, 1.82) is 0 Å². The van der Waals surface area contributed by atoms with E-state index in [1.807, 2.05) is 37.3 Å². The first-order valence-corrected chi connectivity index (χ1v) is 9.18. The summed E-state index contributed by atoms with van der Waals surface area (Å²) in [6.07, 6.45) is 1.55. The predicted octanol–water partition coefficient (Wildman–Crippen LogP) is 2.94. The van der Waals surface area contributed by atoms with Crippen LogP contribution >= 0.6 is 0 Å². The number of aromatic nitrogens is 1. The number of rotatable bonds is 4. The molecule has 140 valence electrons. The van der Waals surface area contributed by atoms with Crippen molar-refractivity contribution < 1.29 is 13.9 Å². The van der Waals surface area contributed by atoms with Gasteiger partial charge in [0.05, 0.1) is 11.6 Å². The maximum Gasteiger partial charge on any atom is 0.420 e. The van der Waals surface area contributed by atoms with Gasteiger partial charge < -0.3 is 14.5 Å². The Morgan fingerprint density at radius 2 is 1.96 bits per heavy atom. The highest BCUT2D eigenvalue weighted by Gasteiger charge is 2.29. The number of para-hydroxylation sites is 2. The minimum absolute atomic E-state index is 0.0764. The van der Waals surface area contributed by atoms with Gasteiger partial charge in [-0.3, -0.25) is 9.36 Å². The largest absolute Gasteiger partial charge is 0.420 e. The van der Waals surface area contributed by atoms with Gasteiger partial charge in [0.2, 0.25) is 5.91 Å². The normalized spacial score (nSPS) is 19.9. The number of amides is 1. The molecule has 0 aliphatic carbocycles. The molecule has 1 N–H and O–H groups in total. The van der Waals surface area contributed by atoms with Crippen LogP contribution in [0.15, 0.2) is 57.7 Å². The molecule has 3 aromatic rings. The van der Waals surface area contributed by atoms with Crippen molar-refractivity contribution in [2.45, 2.75) is 38.5 Å². The minimum Gasteiger partial charge on any atom is -0.408 e. The third-order valence-corrected chi connectivity index (χ3v) is 4.95. The van der Waals surface area contributed by atoms with Crippen LogP contribution in [0.4, 0.5) is 0 Å². The summed E-state index contributed by atoms with van der Waals surface area (Å²) in [5.74, 6) is -0.752. The molecule has 0 bridgehead atoms. The standard InChI is InChI=1S/C21H22N2O4/c1-14-8-10-15(11-9-14)20-16(5-4-12-26-20)22-19(24)13-23-17-6-2-3-7-18(17)27-21(23)25/h2-3,6-11,16,20H,4-5,12-13H2,1H3,(H,22,24)/t16-,20+/m0/s1. The lowest BCUT2D eigenvalue weighted by Crippen LogP contribution is -2.44. The van der Waals surface area contributed by atoms with Gasteiger partial charge in [-0.05, 0) is 37.5 Å². The van der Waals surface area contributed by atoms with Crippen molar-refractivity contribution in [2.24, 2.45) is 0 Å². The molecule has 2 aromatic carbocycles. The Morgan fingerprint density at radius 3 is 2.78 bits per heavy atom. The van der Waals surface area contributed by atoms with Gasteiger partial charge in [-0.15, -0.1) is 0 Å². The van der Waals surface area contributed by atoms with Crippen LogP contribution in [0.25, 0.3) is 11.1 Å². The van der Waals surface area contributed by atoms with Crippen LogP contribution in [0.2, 0.25) is 0 Å². The summed E-state index contributed by atoms with van der Waals surface area (Å²) >= 11 is 0. The molecule has 1 aromatic heterocycles. The number of benzene rings is 2. The Hall–Kier alpha value is -2.86. The van der Waals surface area contributed by atoms with Crippen molar-refractivity contribution in [3.63, 3.8) is 0 Å². The van der Waals surface area contributed by atoms with E-state index in [-0.39, 0.29) is 24.6 Å². The number of carbonyl (C=O) groups excluding carboxylic acids is 1. The summed E-state index contributed by atoms with van der Waals surface area (Å²) in [4.78, 5) is 24.7. The molecule has 0 unspecified atom stereocenters. The SMILES string of the molecule is Cc1ccc([C@H]2OCCC[C@@H]2NC(=O)Cn2c(=O)oc3ccccc32)cc1. The van der Waals surface area contributed by atoms with Crippen LogP contribution < -0.4 is 11.1 Å². The van der Waals surface area contributed by atoms with Crippen LogP contribution in [-0.4, -0.2) is 23.1 Å². The van der Waals surface area contributed by atoms with Crippen LogP contribution in [0, 0.1) is 6.92 Å². The highest BCUT2D eigenvalue weighted by Crippen LogP contribution is 2.28. The molecule has 1 saturated heterocycles. The molecule has 2 atom stereocenters. The third-order valence-electron chi connectivity index (χ3n) is 4.95. The fraction of sp³-hybridized carbons (Fsp3) is 0.333.